The van der Waals surface area contributed by atoms with Crippen LogP contribution in [0.2, 0.25) is 0 Å². The SMILES string of the molecule is COc1ccc(C(C)(C)NC(=O)C2CCC(=O)N(C3CCCC3)C2)cc1. The Kier molecular flexibility index (Phi) is 5.54. The van der Waals surface area contributed by atoms with Gasteiger partial charge in [-0.05, 0) is 50.8 Å². The Labute approximate surface area is 156 Å². The molecule has 1 aliphatic heterocycles. The minimum absolute atomic E-state index is 0.0429. The van der Waals surface area contributed by atoms with Crippen LogP contribution < -0.4 is 10.1 Å². The van der Waals surface area contributed by atoms with E-state index < -0.39 is 5.54 Å². The topological polar surface area (TPSA) is 58.6 Å². The van der Waals surface area contributed by atoms with Crippen LogP contribution in [0, 0.1) is 5.92 Å². The lowest BCUT2D eigenvalue weighted by Gasteiger charge is -2.37. The lowest BCUT2D eigenvalue weighted by Crippen LogP contribution is -2.52. The highest BCUT2D eigenvalue weighted by atomic mass is 16.5. The van der Waals surface area contributed by atoms with E-state index in [1.807, 2.05) is 43.0 Å². The van der Waals surface area contributed by atoms with Gasteiger partial charge in [0.05, 0.1) is 18.6 Å². The van der Waals surface area contributed by atoms with Crippen LogP contribution in [0.15, 0.2) is 24.3 Å². The summed E-state index contributed by atoms with van der Waals surface area (Å²) in [7, 11) is 1.64. The normalized spacial score (nSPS) is 21.7. The molecule has 1 aromatic rings. The summed E-state index contributed by atoms with van der Waals surface area (Å²) in [6, 6.07) is 8.12. The van der Waals surface area contributed by atoms with Crippen LogP contribution >= 0.6 is 0 Å². The maximum absolute atomic E-state index is 12.9. The fraction of sp³-hybridized carbons (Fsp3) is 0.619. The number of methoxy groups -OCH3 is 1. The van der Waals surface area contributed by atoms with Gasteiger partial charge in [0.15, 0.2) is 0 Å². The number of hydrogen-bond acceptors (Lipinski definition) is 3. The number of hydrogen-bond donors (Lipinski definition) is 1. The maximum atomic E-state index is 12.9. The van der Waals surface area contributed by atoms with Gasteiger partial charge in [-0.1, -0.05) is 25.0 Å². The average molecular weight is 358 g/mol. The molecule has 5 nitrogen and oxygen atoms in total. The lowest BCUT2D eigenvalue weighted by molar-refractivity contribution is -0.141. The largest absolute Gasteiger partial charge is 0.497 e. The first-order valence-corrected chi connectivity index (χ1v) is 9.67. The van der Waals surface area contributed by atoms with Crippen LogP contribution in [0.4, 0.5) is 0 Å². The number of carbonyl (C=O) groups excluding carboxylic acids is 2. The third kappa shape index (κ3) is 4.02. The molecule has 5 heteroatoms. The zero-order valence-corrected chi connectivity index (χ0v) is 16.1. The highest BCUT2D eigenvalue weighted by molar-refractivity contribution is 5.84. The fourth-order valence-electron chi connectivity index (χ4n) is 4.14. The van der Waals surface area contributed by atoms with Crippen LogP contribution in [-0.2, 0) is 15.1 Å². The first kappa shape index (κ1) is 18.7. The van der Waals surface area contributed by atoms with E-state index >= 15 is 0 Å². The van der Waals surface area contributed by atoms with Crippen molar-refractivity contribution in [2.75, 3.05) is 13.7 Å². The Balaban J connectivity index is 1.65. The van der Waals surface area contributed by atoms with Crippen LogP contribution in [0.3, 0.4) is 0 Å². The zero-order chi connectivity index (χ0) is 18.7. The van der Waals surface area contributed by atoms with Crippen molar-refractivity contribution in [1.29, 1.82) is 0 Å². The Morgan fingerprint density at radius 1 is 1.15 bits per heavy atom. The molecule has 1 heterocycles. The molecular weight excluding hydrogens is 328 g/mol. The van der Waals surface area contributed by atoms with E-state index in [4.69, 9.17) is 4.74 Å². The number of amides is 2. The van der Waals surface area contributed by atoms with Gasteiger partial charge in [-0.2, -0.15) is 0 Å². The summed E-state index contributed by atoms with van der Waals surface area (Å²) in [5.41, 5.74) is 0.564. The Bertz CT molecular complexity index is 648. The first-order chi connectivity index (χ1) is 12.4. The van der Waals surface area contributed by atoms with Crippen molar-refractivity contribution >= 4 is 11.8 Å². The van der Waals surface area contributed by atoms with Crippen LogP contribution in [0.1, 0.15) is 57.9 Å². The average Bonchev–Trinajstić information content (AvgIpc) is 3.16. The van der Waals surface area contributed by atoms with Crippen molar-refractivity contribution in [3.63, 3.8) is 0 Å². The molecule has 0 aromatic heterocycles. The highest BCUT2D eigenvalue weighted by Gasteiger charge is 2.36. The summed E-state index contributed by atoms with van der Waals surface area (Å²) in [6.45, 7) is 4.58. The van der Waals surface area contributed by atoms with E-state index in [-0.39, 0.29) is 17.7 Å². The predicted octanol–water partition coefficient (Wildman–Crippen LogP) is 3.23. The molecule has 0 spiro atoms. The quantitative estimate of drug-likeness (QED) is 0.879. The fourth-order valence-corrected chi connectivity index (χ4v) is 4.14. The molecule has 3 rings (SSSR count). The van der Waals surface area contributed by atoms with Gasteiger partial charge >= 0.3 is 0 Å². The van der Waals surface area contributed by atoms with Gasteiger partial charge in [0, 0.05) is 19.0 Å². The summed E-state index contributed by atoms with van der Waals surface area (Å²) in [5, 5.41) is 3.19. The molecule has 0 bridgehead atoms. The van der Waals surface area contributed by atoms with Crippen LogP contribution in [0.5, 0.6) is 5.75 Å². The number of carbonyl (C=O) groups is 2. The molecule has 2 aliphatic rings. The molecule has 1 saturated carbocycles. The summed E-state index contributed by atoms with van der Waals surface area (Å²) >= 11 is 0. The number of piperidine rings is 1. The second-order valence-corrected chi connectivity index (χ2v) is 8.06. The van der Waals surface area contributed by atoms with Gasteiger partial charge in [0.1, 0.15) is 5.75 Å². The van der Waals surface area contributed by atoms with Gasteiger partial charge in [0.2, 0.25) is 11.8 Å². The van der Waals surface area contributed by atoms with Gasteiger partial charge in [-0.15, -0.1) is 0 Å². The van der Waals surface area contributed by atoms with Crippen LogP contribution in [-0.4, -0.2) is 36.4 Å². The van der Waals surface area contributed by atoms with Gasteiger partial charge in [0.25, 0.3) is 0 Å². The Morgan fingerprint density at radius 2 is 1.81 bits per heavy atom. The first-order valence-electron chi connectivity index (χ1n) is 9.67. The monoisotopic (exact) mass is 358 g/mol. The highest BCUT2D eigenvalue weighted by Crippen LogP contribution is 2.30. The molecular formula is C21H30N2O3. The third-order valence-corrected chi connectivity index (χ3v) is 5.83. The minimum atomic E-state index is -0.469. The second kappa shape index (κ2) is 7.68. The third-order valence-electron chi connectivity index (χ3n) is 5.83. The van der Waals surface area contributed by atoms with E-state index in [9.17, 15) is 9.59 Å². The van der Waals surface area contributed by atoms with E-state index in [0.29, 0.717) is 25.4 Å². The molecule has 1 aliphatic carbocycles. The number of ether oxygens (including phenoxy) is 1. The van der Waals surface area contributed by atoms with E-state index in [1.54, 1.807) is 7.11 Å². The molecule has 1 aromatic carbocycles. The Hall–Kier alpha value is -2.04. The maximum Gasteiger partial charge on any atom is 0.225 e. The molecule has 142 valence electrons. The van der Waals surface area contributed by atoms with Gasteiger partial charge in [-0.25, -0.2) is 0 Å². The summed E-state index contributed by atoms with van der Waals surface area (Å²) in [5.74, 6) is 0.941. The van der Waals surface area contributed by atoms with Crippen molar-refractivity contribution in [2.45, 2.75) is 64.0 Å². The van der Waals surface area contributed by atoms with Crippen molar-refractivity contribution in [2.24, 2.45) is 5.92 Å². The van der Waals surface area contributed by atoms with E-state index in [1.165, 1.54) is 12.8 Å². The molecule has 1 atom stereocenters. The Morgan fingerprint density at radius 3 is 2.42 bits per heavy atom. The number of rotatable bonds is 5. The minimum Gasteiger partial charge on any atom is -0.497 e. The van der Waals surface area contributed by atoms with Crippen molar-refractivity contribution in [1.82, 2.24) is 10.2 Å². The smallest absolute Gasteiger partial charge is 0.225 e. The molecule has 26 heavy (non-hydrogen) atoms. The number of nitrogens with one attached hydrogen (secondary N) is 1. The second-order valence-electron chi connectivity index (χ2n) is 8.06. The molecule has 1 unspecified atom stereocenters. The lowest BCUT2D eigenvalue weighted by atomic mass is 9.90. The van der Waals surface area contributed by atoms with Crippen molar-refractivity contribution < 1.29 is 14.3 Å². The van der Waals surface area contributed by atoms with Crippen molar-refractivity contribution in [3.8, 4) is 5.75 Å². The predicted molar refractivity (Wildman–Crippen MR) is 101 cm³/mol. The molecule has 1 saturated heterocycles. The van der Waals surface area contributed by atoms with Crippen molar-refractivity contribution in [3.05, 3.63) is 29.8 Å². The number of likely N-dealkylation sites (tertiary alicyclic amines) is 1. The number of benzene rings is 1. The van der Waals surface area contributed by atoms with E-state index in [0.717, 1.165) is 24.2 Å². The number of nitrogens with zero attached hydrogens (tertiary/aromatic N) is 1. The summed E-state index contributed by atoms with van der Waals surface area (Å²) in [6.07, 6.45) is 5.67. The van der Waals surface area contributed by atoms with E-state index in [2.05, 4.69) is 5.32 Å². The molecule has 0 radical (unpaired) electrons. The molecule has 1 N–H and O–H groups in total. The molecule has 2 amide bonds. The summed E-state index contributed by atoms with van der Waals surface area (Å²) in [4.78, 5) is 27.2. The van der Waals surface area contributed by atoms with Crippen LogP contribution in [0.25, 0.3) is 0 Å². The van der Waals surface area contributed by atoms with Gasteiger partial charge in [-0.3, -0.25) is 9.59 Å². The van der Waals surface area contributed by atoms with Gasteiger partial charge < -0.3 is 15.0 Å². The molecule has 2 fully saturated rings. The summed E-state index contributed by atoms with van der Waals surface area (Å²) < 4.78 is 5.20. The standard InChI is InChI=1S/C21H30N2O3/c1-21(2,16-9-11-18(26-3)12-10-16)22-20(25)15-8-13-19(24)23(14-15)17-6-4-5-7-17/h9-12,15,17H,4-8,13-14H2,1-3H3,(H,22,25). The zero-order valence-electron chi connectivity index (χ0n) is 16.1.